The molecule has 2 heterocycles. The molecule has 1 aliphatic rings. The van der Waals surface area contributed by atoms with Crippen LogP contribution >= 0.6 is 11.6 Å². The Hall–Kier alpha value is -3.84. The molecule has 0 spiro atoms. The van der Waals surface area contributed by atoms with Gasteiger partial charge >= 0.3 is 5.97 Å². The SMILES string of the molecule is O=C(O)/C=C/c1ccc(/C(=C(\c2ncc(F)cc2Cl)C2CCC2)c2ccc3[nH]nc(F)c3c2)cc1. The van der Waals surface area contributed by atoms with E-state index in [1.165, 1.54) is 12.1 Å². The number of aromatic nitrogens is 3. The Kier molecular flexibility index (Phi) is 6.17. The lowest BCUT2D eigenvalue weighted by molar-refractivity contribution is -0.131. The number of aliphatic carboxylic acids is 1. The number of hydrogen-bond donors (Lipinski definition) is 2. The maximum atomic E-state index is 14.4. The van der Waals surface area contributed by atoms with Gasteiger partial charge in [-0.05, 0) is 70.9 Å². The second-order valence-corrected chi connectivity index (χ2v) is 8.88. The number of carboxylic acid groups (broad SMARTS) is 1. The van der Waals surface area contributed by atoms with Crippen LogP contribution in [-0.2, 0) is 4.79 Å². The molecule has 1 saturated carbocycles. The molecule has 0 amide bonds. The summed E-state index contributed by atoms with van der Waals surface area (Å²) in [6.45, 7) is 0. The molecule has 0 radical (unpaired) electrons. The van der Waals surface area contributed by atoms with Crippen molar-refractivity contribution < 1.29 is 18.7 Å². The fraction of sp³-hybridized carbons (Fsp3) is 0.148. The molecular weight excluding hydrogens is 472 g/mol. The van der Waals surface area contributed by atoms with Crippen LogP contribution in [0.15, 0.2) is 60.8 Å². The molecule has 4 aromatic rings. The molecular formula is C27H20ClF2N3O2. The summed E-state index contributed by atoms with van der Waals surface area (Å²) in [4.78, 5) is 15.2. The van der Waals surface area contributed by atoms with Crippen molar-refractivity contribution in [3.63, 3.8) is 0 Å². The maximum absolute atomic E-state index is 14.4. The summed E-state index contributed by atoms with van der Waals surface area (Å²) >= 11 is 6.49. The Bertz CT molecular complexity index is 1490. The lowest BCUT2D eigenvalue weighted by Gasteiger charge is -2.31. The van der Waals surface area contributed by atoms with Crippen LogP contribution in [0.25, 0.3) is 28.1 Å². The predicted octanol–water partition coefficient (Wildman–Crippen LogP) is 6.75. The lowest BCUT2D eigenvalue weighted by Crippen LogP contribution is -2.16. The minimum Gasteiger partial charge on any atom is -0.478 e. The van der Waals surface area contributed by atoms with E-state index in [1.54, 1.807) is 12.1 Å². The minimum atomic E-state index is -1.03. The second-order valence-electron chi connectivity index (χ2n) is 8.47. The molecule has 1 fully saturated rings. The zero-order chi connectivity index (χ0) is 24.5. The molecule has 35 heavy (non-hydrogen) atoms. The summed E-state index contributed by atoms with van der Waals surface area (Å²) < 4.78 is 28.2. The van der Waals surface area contributed by atoms with Gasteiger partial charge in [0.05, 0.1) is 27.8 Å². The summed E-state index contributed by atoms with van der Waals surface area (Å²) in [5.74, 6) is -2.01. The first-order chi connectivity index (χ1) is 16.9. The van der Waals surface area contributed by atoms with Gasteiger partial charge in [-0.2, -0.15) is 4.39 Å². The molecule has 0 saturated heterocycles. The van der Waals surface area contributed by atoms with E-state index < -0.39 is 17.7 Å². The summed E-state index contributed by atoms with van der Waals surface area (Å²) in [6.07, 6.45) is 6.63. The Morgan fingerprint density at radius 1 is 1.09 bits per heavy atom. The van der Waals surface area contributed by atoms with Crippen LogP contribution in [0.1, 0.15) is 41.6 Å². The minimum absolute atomic E-state index is 0.150. The van der Waals surface area contributed by atoms with Gasteiger partial charge in [0.15, 0.2) is 0 Å². The number of allylic oxidation sites excluding steroid dienone is 1. The van der Waals surface area contributed by atoms with E-state index in [1.807, 2.05) is 30.3 Å². The van der Waals surface area contributed by atoms with Crippen LogP contribution in [0, 0.1) is 17.7 Å². The van der Waals surface area contributed by atoms with Crippen molar-refractivity contribution in [2.24, 2.45) is 5.92 Å². The number of nitrogens with one attached hydrogen (secondary N) is 1. The van der Waals surface area contributed by atoms with Crippen molar-refractivity contribution in [3.05, 3.63) is 100.0 Å². The zero-order valence-corrected chi connectivity index (χ0v) is 19.2. The van der Waals surface area contributed by atoms with Gasteiger partial charge in [-0.25, -0.2) is 9.18 Å². The number of rotatable bonds is 6. The fourth-order valence-electron chi connectivity index (χ4n) is 4.37. The van der Waals surface area contributed by atoms with Crippen LogP contribution in [0.5, 0.6) is 0 Å². The van der Waals surface area contributed by atoms with Gasteiger partial charge in [0.1, 0.15) is 5.82 Å². The van der Waals surface area contributed by atoms with E-state index in [-0.39, 0.29) is 10.9 Å². The number of hydrogen-bond acceptors (Lipinski definition) is 3. The number of pyridine rings is 1. The largest absolute Gasteiger partial charge is 0.478 e. The number of aromatic amines is 1. The molecule has 0 unspecified atom stereocenters. The van der Waals surface area contributed by atoms with E-state index in [4.69, 9.17) is 16.7 Å². The van der Waals surface area contributed by atoms with Gasteiger partial charge in [-0.3, -0.25) is 10.1 Å². The molecule has 8 heteroatoms. The average molecular weight is 492 g/mol. The van der Waals surface area contributed by atoms with E-state index >= 15 is 0 Å². The number of halogens is 3. The third kappa shape index (κ3) is 4.59. The van der Waals surface area contributed by atoms with Crippen LogP contribution in [0.2, 0.25) is 5.02 Å². The summed E-state index contributed by atoms with van der Waals surface area (Å²) in [6, 6.07) is 14.0. The molecule has 0 bridgehead atoms. The summed E-state index contributed by atoms with van der Waals surface area (Å²) in [5, 5.41) is 15.8. The monoisotopic (exact) mass is 491 g/mol. The van der Waals surface area contributed by atoms with Crippen molar-refractivity contribution in [2.45, 2.75) is 19.3 Å². The molecule has 176 valence electrons. The van der Waals surface area contributed by atoms with Gasteiger partial charge in [-0.15, -0.1) is 5.10 Å². The third-order valence-electron chi connectivity index (χ3n) is 6.27. The van der Waals surface area contributed by atoms with Crippen LogP contribution in [0.4, 0.5) is 8.78 Å². The Morgan fingerprint density at radius 2 is 1.83 bits per heavy atom. The number of benzene rings is 2. The van der Waals surface area contributed by atoms with Gasteiger partial charge in [0.2, 0.25) is 5.95 Å². The molecule has 2 aromatic heterocycles. The van der Waals surface area contributed by atoms with Gasteiger partial charge < -0.3 is 5.11 Å². The molecule has 5 nitrogen and oxygen atoms in total. The molecule has 2 aromatic carbocycles. The van der Waals surface area contributed by atoms with Crippen LogP contribution < -0.4 is 0 Å². The molecule has 1 aliphatic carbocycles. The number of H-pyrrole nitrogens is 1. The number of fused-ring (bicyclic) bond motifs is 1. The van der Waals surface area contributed by atoms with Gasteiger partial charge in [0.25, 0.3) is 0 Å². The highest BCUT2D eigenvalue weighted by molar-refractivity contribution is 6.32. The quantitative estimate of drug-likeness (QED) is 0.292. The van der Waals surface area contributed by atoms with E-state index in [9.17, 15) is 13.6 Å². The van der Waals surface area contributed by atoms with Crippen molar-refractivity contribution in [2.75, 3.05) is 0 Å². The van der Waals surface area contributed by atoms with E-state index in [0.29, 0.717) is 16.6 Å². The maximum Gasteiger partial charge on any atom is 0.328 e. The van der Waals surface area contributed by atoms with E-state index in [0.717, 1.165) is 59.4 Å². The van der Waals surface area contributed by atoms with Crippen LogP contribution in [-0.4, -0.2) is 26.3 Å². The average Bonchev–Trinajstić information content (AvgIpc) is 3.17. The number of nitrogens with zero attached hydrogens (tertiary/aromatic N) is 2. The van der Waals surface area contributed by atoms with Gasteiger partial charge in [-0.1, -0.05) is 48.4 Å². The smallest absolute Gasteiger partial charge is 0.328 e. The Balaban J connectivity index is 1.76. The summed E-state index contributed by atoms with van der Waals surface area (Å²) in [5.41, 5.74) is 5.04. The fourth-order valence-corrected chi connectivity index (χ4v) is 4.62. The Morgan fingerprint density at radius 3 is 2.49 bits per heavy atom. The standard InChI is InChI=1S/C27H20ClF2N3O2/c28-21-13-19(29)14-31-26(21)25(16-2-1-3-16)24(17-7-4-15(5-8-17)6-11-23(34)35)18-9-10-22-20(12-18)27(30)33-32-22/h4-14,16H,1-3H2,(H,32,33)(H,34,35)/b11-6+,25-24+. The second kappa shape index (κ2) is 9.43. The first kappa shape index (κ1) is 22.9. The predicted molar refractivity (Wildman–Crippen MR) is 132 cm³/mol. The molecule has 0 aliphatic heterocycles. The highest BCUT2D eigenvalue weighted by atomic mass is 35.5. The molecule has 5 rings (SSSR count). The number of carboxylic acids is 1. The topological polar surface area (TPSA) is 78.9 Å². The van der Waals surface area contributed by atoms with E-state index in [2.05, 4.69) is 15.2 Å². The lowest BCUT2D eigenvalue weighted by atomic mass is 9.74. The van der Waals surface area contributed by atoms with Crippen molar-refractivity contribution in [1.29, 1.82) is 0 Å². The zero-order valence-electron chi connectivity index (χ0n) is 18.4. The van der Waals surface area contributed by atoms with Crippen molar-refractivity contribution in [1.82, 2.24) is 15.2 Å². The van der Waals surface area contributed by atoms with Crippen molar-refractivity contribution >= 4 is 45.7 Å². The number of carbonyl (C=O) groups is 1. The Labute approximate surface area is 204 Å². The first-order valence-electron chi connectivity index (χ1n) is 11.1. The highest BCUT2D eigenvalue weighted by Gasteiger charge is 2.29. The normalized spacial score (nSPS) is 14.8. The first-order valence-corrected chi connectivity index (χ1v) is 11.5. The summed E-state index contributed by atoms with van der Waals surface area (Å²) in [7, 11) is 0. The third-order valence-corrected chi connectivity index (χ3v) is 6.56. The van der Waals surface area contributed by atoms with Gasteiger partial charge in [0, 0.05) is 6.08 Å². The molecule has 2 N–H and O–H groups in total. The van der Waals surface area contributed by atoms with Crippen LogP contribution in [0.3, 0.4) is 0 Å². The van der Waals surface area contributed by atoms with Crippen molar-refractivity contribution in [3.8, 4) is 0 Å². The highest BCUT2D eigenvalue weighted by Crippen LogP contribution is 2.46. The molecule has 0 atom stereocenters.